The van der Waals surface area contributed by atoms with E-state index in [1.807, 2.05) is 0 Å². The molecule has 0 unspecified atom stereocenters. The van der Waals surface area contributed by atoms with Gasteiger partial charge in [-0.3, -0.25) is 5.21 Å². The van der Waals surface area contributed by atoms with Crippen LogP contribution in [0.5, 0.6) is 0 Å². The first-order valence-electron chi connectivity index (χ1n) is 3.77. The van der Waals surface area contributed by atoms with Crippen molar-refractivity contribution >= 4 is 0 Å². The molecule has 1 saturated carbocycles. The molecule has 4 N–H and O–H groups in total. The summed E-state index contributed by atoms with van der Waals surface area (Å²) in [5.41, 5.74) is 5.33. The fourth-order valence-corrected chi connectivity index (χ4v) is 1.28. The molecule has 2 aliphatic rings. The molecule has 2 rings (SSSR count). The van der Waals surface area contributed by atoms with E-state index in [4.69, 9.17) is 21.0 Å². The second-order valence-corrected chi connectivity index (χ2v) is 3.05. The lowest BCUT2D eigenvalue weighted by Crippen LogP contribution is -2.44. The monoisotopic (exact) mass is 173 g/mol. The fraction of sp³-hybridized carbons (Fsp3) is 0.667. The Morgan fingerprint density at radius 2 is 2.25 bits per heavy atom. The maximum Gasteiger partial charge on any atom is 0.176 e. The van der Waals surface area contributed by atoms with E-state index in [1.165, 1.54) is 11.3 Å². The van der Waals surface area contributed by atoms with Crippen LogP contribution in [0.2, 0.25) is 0 Å². The van der Waals surface area contributed by atoms with Crippen LogP contribution in [-0.4, -0.2) is 32.7 Å². The average molecular weight is 173 g/mol. The number of rotatable bonds is 1. The van der Waals surface area contributed by atoms with Gasteiger partial charge in [-0.1, -0.05) is 5.23 Å². The molecule has 1 fully saturated rings. The molecule has 12 heavy (non-hydrogen) atoms. The second kappa shape index (κ2) is 2.51. The van der Waals surface area contributed by atoms with Gasteiger partial charge in [0, 0.05) is 0 Å². The smallest absolute Gasteiger partial charge is 0.176 e. The summed E-state index contributed by atoms with van der Waals surface area (Å²) < 4.78 is 0. The van der Waals surface area contributed by atoms with Crippen LogP contribution in [0, 0.1) is 0 Å². The third-order valence-corrected chi connectivity index (χ3v) is 2.10. The number of nitrogens with zero attached hydrogens (tertiary/aromatic N) is 2. The van der Waals surface area contributed by atoms with Crippen LogP contribution in [0.15, 0.2) is 12.0 Å². The van der Waals surface area contributed by atoms with E-state index in [-0.39, 0.29) is 18.0 Å². The minimum absolute atomic E-state index is 0.121. The van der Waals surface area contributed by atoms with Crippen LogP contribution in [-0.2, 0) is 4.94 Å². The predicted molar refractivity (Wildman–Crippen MR) is 37.8 cm³/mol. The Bertz CT molecular complexity index is 214. The number of nitrogens with two attached hydrogens (primary N) is 1. The summed E-state index contributed by atoms with van der Waals surface area (Å²) >= 11 is 0. The topological polar surface area (TPSA) is 82.2 Å². The van der Waals surface area contributed by atoms with Gasteiger partial charge in [0.2, 0.25) is 0 Å². The lowest BCUT2D eigenvalue weighted by molar-refractivity contribution is -0.400. The van der Waals surface area contributed by atoms with E-state index in [0.717, 1.165) is 0 Å². The highest BCUT2D eigenvalue weighted by molar-refractivity contribution is 4.97. The molecule has 0 aromatic rings. The molecule has 0 aromatic heterocycles. The van der Waals surface area contributed by atoms with Crippen molar-refractivity contribution in [3.63, 3.8) is 0 Å². The molecular formula is C6H11N3O3. The molecule has 1 aliphatic carbocycles. The third kappa shape index (κ3) is 1.09. The van der Waals surface area contributed by atoms with Crippen molar-refractivity contribution in [1.82, 2.24) is 10.3 Å². The zero-order valence-corrected chi connectivity index (χ0v) is 6.42. The van der Waals surface area contributed by atoms with E-state index < -0.39 is 0 Å². The highest BCUT2D eigenvalue weighted by Crippen LogP contribution is 2.28. The van der Waals surface area contributed by atoms with Crippen LogP contribution in [0.3, 0.4) is 0 Å². The molecule has 68 valence electrons. The minimum atomic E-state index is -0.249. The molecule has 1 heterocycles. The highest BCUT2D eigenvalue weighted by atomic mass is 17.0. The molecule has 6 nitrogen and oxygen atoms in total. The summed E-state index contributed by atoms with van der Waals surface area (Å²) in [4.78, 5) is 4.82. The minimum Gasteiger partial charge on any atom is -0.393 e. The van der Waals surface area contributed by atoms with Crippen molar-refractivity contribution in [2.45, 2.75) is 25.0 Å². The molecular weight excluding hydrogens is 162 g/mol. The molecule has 0 amide bonds. The maximum atomic E-state index is 9.00. The Morgan fingerprint density at radius 3 is 2.67 bits per heavy atom. The van der Waals surface area contributed by atoms with Gasteiger partial charge in [0.15, 0.2) is 5.82 Å². The average Bonchev–Trinajstić information content (AvgIpc) is 2.26. The van der Waals surface area contributed by atoms with Gasteiger partial charge in [-0.15, -0.1) is 4.94 Å². The largest absolute Gasteiger partial charge is 0.393 e. The number of aliphatic hydroxyl groups is 1. The third-order valence-electron chi connectivity index (χ3n) is 2.10. The molecule has 6 heteroatoms. The van der Waals surface area contributed by atoms with Gasteiger partial charge >= 0.3 is 0 Å². The van der Waals surface area contributed by atoms with Crippen LogP contribution >= 0.6 is 0 Å². The van der Waals surface area contributed by atoms with Gasteiger partial charge in [-0.2, -0.15) is 0 Å². The Kier molecular flexibility index (Phi) is 1.60. The van der Waals surface area contributed by atoms with E-state index in [1.54, 1.807) is 0 Å². The fourth-order valence-electron chi connectivity index (χ4n) is 1.28. The quantitative estimate of drug-likeness (QED) is 0.477. The first-order valence-corrected chi connectivity index (χ1v) is 3.77. The predicted octanol–water partition coefficient (Wildman–Crippen LogP) is -0.879. The zero-order chi connectivity index (χ0) is 8.72. The van der Waals surface area contributed by atoms with Crippen molar-refractivity contribution in [3.8, 4) is 0 Å². The summed E-state index contributed by atoms with van der Waals surface area (Å²) in [5.74, 6) is 0.149. The molecule has 0 spiro atoms. The summed E-state index contributed by atoms with van der Waals surface area (Å²) in [6.07, 6.45) is 2.55. The summed E-state index contributed by atoms with van der Waals surface area (Å²) in [7, 11) is 0. The molecule has 0 radical (unpaired) electrons. The van der Waals surface area contributed by atoms with Crippen molar-refractivity contribution in [1.29, 1.82) is 0 Å². The highest BCUT2D eigenvalue weighted by Gasteiger charge is 2.35. The Hall–Kier alpha value is -0.980. The van der Waals surface area contributed by atoms with Crippen LogP contribution < -0.4 is 5.73 Å². The Labute approximate surface area is 69.3 Å². The van der Waals surface area contributed by atoms with Gasteiger partial charge in [-0.05, 0) is 12.8 Å². The lowest BCUT2D eigenvalue weighted by Gasteiger charge is -2.36. The first kappa shape index (κ1) is 7.66. The van der Waals surface area contributed by atoms with Crippen molar-refractivity contribution < 1.29 is 15.3 Å². The molecule has 0 bridgehead atoms. The van der Waals surface area contributed by atoms with E-state index in [0.29, 0.717) is 18.1 Å². The van der Waals surface area contributed by atoms with Gasteiger partial charge < -0.3 is 10.8 Å². The molecule has 0 aromatic carbocycles. The Balaban J connectivity index is 1.92. The van der Waals surface area contributed by atoms with Gasteiger partial charge in [0.05, 0.1) is 18.3 Å². The lowest BCUT2D eigenvalue weighted by atomic mass is 9.89. The van der Waals surface area contributed by atoms with Gasteiger partial charge in [0.25, 0.3) is 0 Å². The second-order valence-electron chi connectivity index (χ2n) is 3.05. The van der Waals surface area contributed by atoms with Crippen LogP contribution in [0.25, 0.3) is 0 Å². The molecule has 0 atom stereocenters. The van der Waals surface area contributed by atoms with Crippen LogP contribution in [0.4, 0.5) is 0 Å². The van der Waals surface area contributed by atoms with E-state index >= 15 is 0 Å². The standard InChI is InChI=1S/C6H11N3O3/c7-6-3-8(12-9(6)11)4-1-5(10)2-4/h3-5,10-11H,1-2,7H2. The zero-order valence-electron chi connectivity index (χ0n) is 6.42. The summed E-state index contributed by atoms with van der Waals surface area (Å²) in [5, 5.41) is 19.9. The van der Waals surface area contributed by atoms with Gasteiger partial charge in [0.1, 0.15) is 0 Å². The summed E-state index contributed by atoms with van der Waals surface area (Å²) in [6.45, 7) is 0. The number of hydrogen-bond acceptors (Lipinski definition) is 6. The summed E-state index contributed by atoms with van der Waals surface area (Å²) in [6, 6.07) is 0.121. The maximum absolute atomic E-state index is 9.00. The van der Waals surface area contributed by atoms with Crippen molar-refractivity contribution in [3.05, 3.63) is 12.0 Å². The number of aliphatic hydroxyl groups excluding tert-OH is 1. The van der Waals surface area contributed by atoms with Crippen molar-refractivity contribution in [2.24, 2.45) is 5.73 Å². The number of hydroxylamine groups is 4. The van der Waals surface area contributed by atoms with Gasteiger partial charge in [-0.25, -0.2) is 5.06 Å². The van der Waals surface area contributed by atoms with E-state index in [2.05, 4.69) is 0 Å². The molecule has 1 aliphatic heterocycles. The SMILES string of the molecule is NC1=CN(C2CC(O)C2)ON1O. The normalized spacial score (nSPS) is 35.0. The molecule has 0 saturated heterocycles. The van der Waals surface area contributed by atoms with E-state index in [9.17, 15) is 0 Å². The van der Waals surface area contributed by atoms with Crippen LogP contribution in [0.1, 0.15) is 12.8 Å². The van der Waals surface area contributed by atoms with Crippen molar-refractivity contribution in [2.75, 3.05) is 0 Å². The first-order chi connectivity index (χ1) is 5.66. The number of hydrogen-bond donors (Lipinski definition) is 3. The Morgan fingerprint density at radius 1 is 1.58 bits per heavy atom.